The van der Waals surface area contributed by atoms with Crippen molar-refractivity contribution in [2.24, 2.45) is 5.92 Å². The van der Waals surface area contributed by atoms with Gasteiger partial charge in [0, 0.05) is 25.4 Å². The lowest BCUT2D eigenvalue weighted by Crippen LogP contribution is -2.01. The highest BCUT2D eigenvalue weighted by Gasteiger charge is 2.06. The third kappa shape index (κ3) is 3.50. The van der Waals surface area contributed by atoms with Gasteiger partial charge in [-0.3, -0.25) is 4.98 Å². The molecule has 0 aliphatic carbocycles. The van der Waals surface area contributed by atoms with Crippen LogP contribution in [0.3, 0.4) is 0 Å². The van der Waals surface area contributed by atoms with Crippen LogP contribution in [0.15, 0.2) is 18.5 Å². The summed E-state index contributed by atoms with van der Waals surface area (Å²) in [6.45, 7) is 7.21. The van der Waals surface area contributed by atoms with Crippen LogP contribution in [0.2, 0.25) is 0 Å². The molecule has 0 fully saturated rings. The topological polar surface area (TPSA) is 50.7 Å². The fraction of sp³-hybridized carbons (Fsp3) is 0.462. The second kappa shape index (κ2) is 5.91. The summed E-state index contributed by atoms with van der Waals surface area (Å²) in [5.41, 5.74) is 2.43. The maximum atomic E-state index is 4.18. The van der Waals surface area contributed by atoms with Crippen molar-refractivity contribution in [2.45, 2.75) is 33.7 Å². The van der Waals surface area contributed by atoms with Gasteiger partial charge in [0.1, 0.15) is 5.01 Å². The molecule has 2 aromatic rings. The van der Waals surface area contributed by atoms with E-state index in [0.717, 1.165) is 23.1 Å². The molecule has 5 heteroatoms. The van der Waals surface area contributed by atoms with Crippen LogP contribution in [0.5, 0.6) is 0 Å². The van der Waals surface area contributed by atoms with Gasteiger partial charge >= 0.3 is 0 Å². The molecule has 2 rings (SSSR count). The largest absolute Gasteiger partial charge is 0.356 e. The SMILES string of the molecule is Cc1ccncc1CNc1nnc(CC(C)C)s1. The van der Waals surface area contributed by atoms with E-state index < -0.39 is 0 Å². The van der Waals surface area contributed by atoms with Crippen LogP contribution in [0, 0.1) is 12.8 Å². The highest BCUT2D eigenvalue weighted by Crippen LogP contribution is 2.19. The first-order valence-electron chi connectivity index (χ1n) is 6.11. The second-order valence-corrected chi connectivity index (χ2v) is 5.82. The van der Waals surface area contributed by atoms with Gasteiger partial charge in [0.15, 0.2) is 0 Å². The van der Waals surface area contributed by atoms with Gasteiger partial charge in [-0.05, 0) is 30.0 Å². The number of pyridine rings is 1. The summed E-state index contributed by atoms with van der Waals surface area (Å²) < 4.78 is 0. The summed E-state index contributed by atoms with van der Waals surface area (Å²) in [7, 11) is 0. The molecular formula is C13H18N4S. The van der Waals surface area contributed by atoms with E-state index >= 15 is 0 Å². The zero-order valence-corrected chi connectivity index (χ0v) is 11.8. The van der Waals surface area contributed by atoms with Gasteiger partial charge in [-0.1, -0.05) is 25.2 Å². The van der Waals surface area contributed by atoms with Gasteiger partial charge in [0.2, 0.25) is 5.13 Å². The number of aromatic nitrogens is 3. The summed E-state index contributed by atoms with van der Waals surface area (Å²) in [6, 6.07) is 2.02. The predicted octanol–water partition coefficient (Wildman–Crippen LogP) is 3.05. The summed E-state index contributed by atoms with van der Waals surface area (Å²) >= 11 is 1.63. The van der Waals surface area contributed by atoms with Crippen LogP contribution in [-0.4, -0.2) is 15.2 Å². The molecule has 1 N–H and O–H groups in total. The van der Waals surface area contributed by atoms with E-state index in [9.17, 15) is 0 Å². The standard InChI is InChI=1S/C13H18N4S/c1-9(2)6-12-16-17-13(18-12)15-8-11-7-14-5-4-10(11)3/h4-5,7,9H,6,8H2,1-3H3,(H,15,17). The maximum Gasteiger partial charge on any atom is 0.205 e. The Balaban J connectivity index is 1.94. The van der Waals surface area contributed by atoms with Crippen molar-refractivity contribution < 1.29 is 0 Å². The van der Waals surface area contributed by atoms with Gasteiger partial charge < -0.3 is 5.32 Å². The monoisotopic (exact) mass is 262 g/mol. The number of hydrogen-bond donors (Lipinski definition) is 1. The number of nitrogens with zero attached hydrogens (tertiary/aromatic N) is 3. The van der Waals surface area contributed by atoms with Gasteiger partial charge in [-0.25, -0.2) is 0 Å². The molecule has 0 bridgehead atoms. The van der Waals surface area contributed by atoms with Crippen LogP contribution in [0.25, 0.3) is 0 Å². The smallest absolute Gasteiger partial charge is 0.205 e. The molecule has 2 heterocycles. The molecule has 0 aromatic carbocycles. The van der Waals surface area contributed by atoms with E-state index in [2.05, 4.69) is 41.3 Å². The highest BCUT2D eigenvalue weighted by atomic mass is 32.1. The Kier molecular flexibility index (Phi) is 4.25. The van der Waals surface area contributed by atoms with Crippen molar-refractivity contribution >= 4 is 16.5 Å². The van der Waals surface area contributed by atoms with Crippen molar-refractivity contribution in [3.8, 4) is 0 Å². The van der Waals surface area contributed by atoms with Gasteiger partial charge in [0.25, 0.3) is 0 Å². The van der Waals surface area contributed by atoms with Gasteiger partial charge in [-0.2, -0.15) is 0 Å². The molecule has 0 aliphatic rings. The van der Waals surface area contributed by atoms with E-state index in [1.165, 1.54) is 11.1 Å². The molecule has 2 aromatic heterocycles. The number of aryl methyl sites for hydroxylation is 1. The Morgan fingerprint density at radius 2 is 2.17 bits per heavy atom. The van der Waals surface area contributed by atoms with Crippen molar-refractivity contribution in [1.82, 2.24) is 15.2 Å². The van der Waals surface area contributed by atoms with Crippen molar-refractivity contribution in [3.63, 3.8) is 0 Å². The van der Waals surface area contributed by atoms with E-state index in [0.29, 0.717) is 5.92 Å². The lowest BCUT2D eigenvalue weighted by Gasteiger charge is -2.04. The van der Waals surface area contributed by atoms with Crippen molar-refractivity contribution in [2.75, 3.05) is 5.32 Å². The molecule has 0 atom stereocenters. The number of hydrogen-bond acceptors (Lipinski definition) is 5. The van der Waals surface area contributed by atoms with Gasteiger partial charge in [0.05, 0.1) is 0 Å². The zero-order chi connectivity index (χ0) is 13.0. The fourth-order valence-corrected chi connectivity index (χ4v) is 2.56. The summed E-state index contributed by atoms with van der Waals surface area (Å²) in [5, 5.41) is 13.6. The molecule has 0 saturated carbocycles. The highest BCUT2D eigenvalue weighted by molar-refractivity contribution is 7.15. The summed E-state index contributed by atoms with van der Waals surface area (Å²) in [5.74, 6) is 0.617. The molecule has 0 saturated heterocycles. The number of rotatable bonds is 5. The molecule has 4 nitrogen and oxygen atoms in total. The minimum atomic E-state index is 0.617. The van der Waals surface area contributed by atoms with Crippen molar-refractivity contribution in [3.05, 3.63) is 34.6 Å². The molecule has 0 unspecified atom stereocenters. The van der Waals surface area contributed by atoms with Crippen LogP contribution >= 0.6 is 11.3 Å². The van der Waals surface area contributed by atoms with E-state index in [4.69, 9.17) is 0 Å². The Morgan fingerprint density at radius 3 is 2.89 bits per heavy atom. The Bertz CT molecular complexity index is 507. The van der Waals surface area contributed by atoms with Gasteiger partial charge in [-0.15, -0.1) is 10.2 Å². The first-order valence-corrected chi connectivity index (χ1v) is 6.92. The predicted molar refractivity (Wildman–Crippen MR) is 74.8 cm³/mol. The third-order valence-electron chi connectivity index (χ3n) is 2.63. The molecule has 0 radical (unpaired) electrons. The maximum absolute atomic E-state index is 4.18. The Morgan fingerprint density at radius 1 is 1.33 bits per heavy atom. The first-order chi connectivity index (χ1) is 8.65. The normalized spacial score (nSPS) is 10.9. The van der Waals surface area contributed by atoms with Crippen LogP contribution in [0.4, 0.5) is 5.13 Å². The quantitative estimate of drug-likeness (QED) is 0.899. The van der Waals surface area contributed by atoms with Crippen LogP contribution < -0.4 is 5.32 Å². The molecular weight excluding hydrogens is 244 g/mol. The molecule has 0 amide bonds. The molecule has 0 aliphatic heterocycles. The lowest BCUT2D eigenvalue weighted by atomic mass is 10.1. The second-order valence-electron chi connectivity index (χ2n) is 4.75. The average Bonchev–Trinajstić information content (AvgIpc) is 2.75. The lowest BCUT2D eigenvalue weighted by molar-refractivity contribution is 0.640. The van der Waals surface area contributed by atoms with E-state index in [1.54, 1.807) is 11.3 Å². The third-order valence-corrected chi connectivity index (χ3v) is 3.53. The summed E-state index contributed by atoms with van der Waals surface area (Å²) in [6.07, 6.45) is 4.69. The fourth-order valence-electron chi connectivity index (χ4n) is 1.61. The first kappa shape index (κ1) is 13.0. The Hall–Kier alpha value is -1.49. The molecule has 96 valence electrons. The Labute approximate surface area is 111 Å². The number of nitrogens with one attached hydrogen (secondary N) is 1. The van der Waals surface area contributed by atoms with E-state index in [-0.39, 0.29) is 0 Å². The van der Waals surface area contributed by atoms with Crippen LogP contribution in [0.1, 0.15) is 30.0 Å². The van der Waals surface area contributed by atoms with Crippen molar-refractivity contribution in [1.29, 1.82) is 0 Å². The molecule has 18 heavy (non-hydrogen) atoms. The average molecular weight is 262 g/mol. The molecule has 0 spiro atoms. The minimum absolute atomic E-state index is 0.617. The zero-order valence-electron chi connectivity index (χ0n) is 11.0. The number of anilines is 1. The summed E-state index contributed by atoms with van der Waals surface area (Å²) in [4.78, 5) is 4.13. The minimum Gasteiger partial charge on any atom is -0.356 e. The van der Waals surface area contributed by atoms with E-state index in [1.807, 2.05) is 18.5 Å². The van der Waals surface area contributed by atoms with Crippen LogP contribution in [-0.2, 0) is 13.0 Å².